The summed E-state index contributed by atoms with van der Waals surface area (Å²) in [5.41, 5.74) is 0. The van der Waals surface area contributed by atoms with Gasteiger partial charge in [0.05, 0.1) is 0 Å². The first kappa shape index (κ1) is 10.9. The lowest BCUT2D eigenvalue weighted by atomic mass is 10.4. The van der Waals surface area contributed by atoms with E-state index in [1.807, 2.05) is 5.32 Å². The predicted molar refractivity (Wildman–Crippen MR) is 46.5 cm³/mol. The summed E-state index contributed by atoms with van der Waals surface area (Å²) in [6, 6.07) is 0. The van der Waals surface area contributed by atoms with Gasteiger partial charge in [0.25, 0.3) is 11.8 Å². The molecule has 7 nitrogen and oxygen atoms in total. The molecule has 80 valence electrons. The third-order valence-electron chi connectivity index (χ3n) is 1.64. The van der Waals surface area contributed by atoms with Crippen LogP contribution < -0.4 is 5.32 Å². The molecule has 1 aliphatic heterocycles. The van der Waals surface area contributed by atoms with Crippen LogP contribution in [0.4, 0.5) is 0 Å². The first-order valence-corrected chi connectivity index (χ1v) is 4.02. The number of carbonyl (C=O) groups is 4. The molecule has 0 radical (unpaired) electrons. The molecule has 0 spiro atoms. The molecule has 7 heteroatoms. The Morgan fingerprint density at radius 2 is 1.80 bits per heavy atom. The van der Waals surface area contributed by atoms with Crippen molar-refractivity contribution in [1.82, 2.24) is 10.2 Å². The van der Waals surface area contributed by atoms with Crippen molar-refractivity contribution in [1.29, 1.82) is 0 Å². The number of carboxylic acid groups (broad SMARTS) is 1. The summed E-state index contributed by atoms with van der Waals surface area (Å²) in [4.78, 5) is 43.8. The molecule has 2 N–H and O–H groups in total. The van der Waals surface area contributed by atoms with Gasteiger partial charge >= 0.3 is 5.97 Å². The van der Waals surface area contributed by atoms with Gasteiger partial charge in [0.15, 0.2) is 0 Å². The molecule has 1 heterocycles. The van der Waals surface area contributed by atoms with Crippen molar-refractivity contribution in [2.75, 3.05) is 13.1 Å². The van der Waals surface area contributed by atoms with Crippen LogP contribution in [0.5, 0.6) is 0 Å². The number of hydrogen-bond donors (Lipinski definition) is 2. The van der Waals surface area contributed by atoms with Crippen molar-refractivity contribution in [3.05, 3.63) is 12.2 Å². The Hall–Kier alpha value is -2.18. The highest BCUT2D eigenvalue weighted by Crippen LogP contribution is 2.01. The molecule has 0 saturated heterocycles. The van der Waals surface area contributed by atoms with E-state index in [1.54, 1.807) is 0 Å². The Morgan fingerprint density at radius 3 is 2.27 bits per heavy atom. The molecular formula is C8H8N2O5. The van der Waals surface area contributed by atoms with Crippen LogP contribution in [0.15, 0.2) is 12.2 Å². The fraction of sp³-hybridized carbons (Fsp3) is 0.250. The summed E-state index contributed by atoms with van der Waals surface area (Å²) >= 11 is 0. The average Bonchev–Trinajstić information content (AvgIpc) is 2.46. The lowest BCUT2D eigenvalue weighted by Gasteiger charge is -2.12. The summed E-state index contributed by atoms with van der Waals surface area (Å²) in [6.07, 6.45) is 2.10. The highest BCUT2D eigenvalue weighted by molar-refractivity contribution is 6.14. The van der Waals surface area contributed by atoms with Crippen LogP contribution >= 0.6 is 0 Å². The summed E-state index contributed by atoms with van der Waals surface area (Å²) in [6.45, 7) is -1.000. The molecule has 0 aliphatic carbocycles. The van der Waals surface area contributed by atoms with Crippen LogP contribution in [0.3, 0.4) is 0 Å². The maximum Gasteiger partial charge on any atom is 0.322 e. The number of rotatable bonds is 4. The highest BCUT2D eigenvalue weighted by atomic mass is 16.4. The zero-order chi connectivity index (χ0) is 11.4. The third kappa shape index (κ3) is 2.90. The molecule has 0 aromatic heterocycles. The SMILES string of the molecule is O=C(O)CNC(=O)CN1C(=O)C=CC1=O. The summed E-state index contributed by atoms with van der Waals surface area (Å²) in [7, 11) is 0. The van der Waals surface area contributed by atoms with Gasteiger partial charge in [-0.25, -0.2) is 0 Å². The normalized spacial score (nSPS) is 14.5. The second-order valence-electron chi connectivity index (χ2n) is 2.77. The maximum atomic E-state index is 11.0. The van der Waals surface area contributed by atoms with Crippen molar-refractivity contribution in [3.8, 4) is 0 Å². The van der Waals surface area contributed by atoms with E-state index in [2.05, 4.69) is 0 Å². The van der Waals surface area contributed by atoms with Crippen molar-refractivity contribution in [3.63, 3.8) is 0 Å². The maximum absolute atomic E-state index is 11.0. The van der Waals surface area contributed by atoms with Crippen LogP contribution in [0, 0.1) is 0 Å². The van der Waals surface area contributed by atoms with Crippen LogP contribution in [0.1, 0.15) is 0 Å². The van der Waals surface area contributed by atoms with E-state index >= 15 is 0 Å². The van der Waals surface area contributed by atoms with E-state index in [1.165, 1.54) is 0 Å². The Kier molecular flexibility index (Phi) is 3.17. The van der Waals surface area contributed by atoms with Crippen LogP contribution in [-0.4, -0.2) is 46.8 Å². The molecule has 0 aromatic rings. The quantitative estimate of drug-likeness (QED) is 0.530. The Labute approximate surface area is 84.3 Å². The monoisotopic (exact) mass is 212 g/mol. The van der Waals surface area contributed by atoms with Gasteiger partial charge in [-0.2, -0.15) is 0 Å². The molecule has 0 atom stereocenters. The van der Waals surface area contributed by atoms with E-state index in [0.29, 0.717) is 0 Å². The first-order chi connectivity index (χ1) is 7.00. The Bertz CT molecular complexity index is 342. The number of nitrogens with one attached hydrogen (secondary N) is 1. The number of amides is 3. The minimum atomic E-state index is -1.19. The van der Waals surface area contributed by atoms with Crippen LogP contribution in [-0.2, 0) is 19.2 Å². The smallest absolute Gasteiger partial charge is 0.322 e. The second kappa shape index (κ2) is 4.36. The molecule has 0 unspecified atom stereocenters. The summed E-state index contributed by atoms with van der Waals surface area (Å²) in [5.74, 6) is -3.04. The molecule has 1 rings (SSSR count). The number of nitrogens with zero attached hydrogens (tertiary/aromatic N) is 1. The molecule has 0 aromatic carbocycles. The fourth-order valence-electron chi connectivity index (χ4n) is 0.961. The van der Waals surface area contributed by atoms with Crippen molar-refractivity contribution < 1.29 is 24.3 Å². The minimum Gasteiger partial charge on any atom is -0.480 e. The molecule has 0 saturated carbocycles. The van der Waals surface area contributed by atoms with Gasteiger partial charge in [0.1, 0.15) is 13.1 Å². The van der Waals surface area contributed by atoms with Gasteiger partial charge in [-0.3, -0.25) is 24.1 Å². The van der Waals surface area contributed by atoms with E-state index in [0.717, 1.165) is 17.1 Å². The van der Waals surface area contributed by atoms with E-state index in [9.17, 15) is 19.2 Å². The lowest BCUT2D eigenvalue weighted by molar-refractivity contribution is -0.141. The molecule has 3 amide bonds. The fourth-order valence-corrected chi connectivity index (χ4v) is 0.961. The molecule has 0 fully saturated rings. The van der Waals surface area contributed by atoms with E-state index in [4.69, 9.17) is 5.11 Å². The van der Waals surface area contributed by atoms with Crippen LogP contribution in [0.25, 0.3) is 0 Å². The number of carbonyl (C=O) groups excluding carboxylic acids is 3. The van der Waals surface area contributed by atoms with E-state index < -0.39 is 36.8 Å². The number of carboxylic acids is 1. The van der Waals surface area contributed by atoms with Gasteiger partial charge in [0, 0.05) is 12.2 Å². The van der Waals surface area contributed by atoms with Crippen molar-refractivity contribution in [2.45, 2.75) is 0 Å². The third-order valence-corrected chi connectivity index (χ3v) is 1.64. The predicted octanol–water partition coefficient (Wildman–Crippen LogP) is -1.89. The Morgan fingerprint density at radius 1 is 1.27 bits per heavy atom. The standard InChI is InChI=1S/C8H8N2O5/c11-5(9-3-8(14)15)4-10-6(12)1-2-7(10)13/h1-2H,3-4H2,(H,9,11)(H,14,15). The van der Waals surface area contributed by atoms with Gasteiger partial charge < -0.3 is 10.4 Å². The molecule has 0 bridgehead atoms. The molecular weight excluding hydrogens is 204 g/mol. The largest absolute Gasteiger partial charge is 0.480 e. The average molecular weight is 212 g/mol. The number of hydrogen-bond acceptors (Lipinski definition) is 4. The zero-order valence-electron chi connectivity index (χ0n) is 7.60. The van der Waals surface area contributed by atoms with E-state index in [-0.39, 0.29) is 0 Å². The zero-order valence-corrected chi connectivity index (χ0v) is 7.60. The summed E-state index contributed by atoms with van der Waals surface area (Å²) in [5, 5.41) is 10.3. The van der Waals surface area contributed by atoms with Crippen LogP contribution in [0.2, 0.25) is 0 Å². The summed E-state index contributed by atoms with van der Waals surface area (Å²) < 4.78 is 0. The van der Waals surface area contributed by atoms with Crippen molar-refractivity contribution >= 4 is 23.7 Å². The lowest BCUT2D eigenvalue weighted by Crippen LogP contribution is -2.41. The highest BCUT2D eigenvalue weighted by Gasteiger charge is 2.25. The second-order valence-corrected chi connectivity index (χ2v) is 2.77. The molecule has 15 heavy (non-hydrogen) atoms. The molecule has 1 aliphatic rings. The topological polar surface area (TPSA) is 104 Å². The first-order valence-electron chi connectivity index (χ1n) is 4.02. The number of imide groups is 1. The van der Waals surface area contributed by atoms with Crippen molar-refractivity contribution in [2.24, 2.45) is 0 Å². The minimum absolute atomic E-state index is 0.460. The number of aliphatic carboxylic acids is 1. The van der Waals surface area contributed by atoms with Gasteiger partial charge in [-0.1, -0.05) is 0 Å². The van der Waals surface area contributed by atoms with Gasteiger partial charge in [-0.15, -0.1) is 0 Å². The van der Waals surface area contributed by atoms with Gasteiger partial charge in [0.2, 0.25) is 5.91 Å². The van der Waals surface area contributed by atoms with Gasteiger partial charge in [-0.05, 0) is 0 Å². The Balaban J connectivity index is 2.42.